The molecular formula is C23H32N2O2. The van der Waals surface area contributed by atoms with Gasteiger partial charge in [-0.05, 0) is 87.7 Å². The van der Waals surface area contributed by atoms with Gasteiger partial charge in [-0.3, -0.25) is 9.59 Å². The zero-order valence-electron chi connectivity index (χ0n) is 16.5. The van der Waals surface area contributed by atoms with Gasteiger partial charge in [-0.2, -0.15) is 0 Å². The molecule has 0 aliphatic heterocycles. The number of hydrogen-bond acceptors (Lipinski definition) is 2. The van der Waals surface area contributed by atoms with Gasteiger partial charge in [0.2, 0.25) is 5.91 Å². The third-order valence-electron chi connectivity index (χ3n) is 7.29. The summed E-state index contributed by atoms with van der Waals surface area (Å²) in [6.07, 6.45) is 8.46. The summed E-state index contributed by atoms with van der Waals surface area (Å²) in [5, 5.41) is 6.23. The minimum atomic E-state index is -0.179. The molecule has 2 atom stereocenters. The molecule has 4 nitrogen and oxygen atoms in total. The summed E-state index contributed by atoms with van der Waals surface area (Å²) in [7, 11) is 0. The van der Waals surface area contributed by atoms with Crippen LogP contribution >= 0.6 is 0 Å². The van der Waals surface area contributed by atoms with Gasteiger partial charge >= 0.3 is 0 Å². The zero-order valence-corrected chi connectivity index (χ0v) is 16.5. The lowest BCUT2D eigenvalue weighted by Gasteiger charge is -2.59. The van der Waals surface area contributed by atoms with E-state index in [1.807, 2.05) is 25.1 Å². The summed E-state index contributed by atoms with van der Waals surface area (Å²) in [5.41, 5.74) is 0.952. The van der Waals surface area contributed by atoms with E-state index in [9.17, 15) is 9.59 Å². The topological polar surface area (TPSA) is 58.2 Å². The highest BCUT2D eigenvalue weighted by atomic mass is 16.2. The maximum absolute atomic E-state index is 12.6. The lowest BCUT2D eigenvalue weighted by molar-refractivity contribution is -0.126. The maximum Gasteiger partial charge on any atom is 0.251 e. The van der Waals surface area contributed by atoms with Crippen molar-refractivity contribution in [3.8, 4) is 0 Å². The second-order valence-electron chi connectivity index (χ2n) is 9.51. The van der Waals surface area contributed by atoms with Crippen molar-refractivity contribution >= 4 is 11.8 Å². The average Bonchev–Trinajstić information content (AvgIpc) is 2.61. The molecule has 4 aliphatic rings. The van der Waals surface area contributed by atoms with E-state index < -0.39 is 0 Å². The molecule has 2 N–H and O–H groups in total. The molecule has 0 spiro atoms. The number of benzene rings is 1. The van der Waals surface area contributed by atoms with Crippen LogP contribution in [0.1, 0.15) is 69.2 Å². The van der Waals surface area contributed by atoms with Gasteiger partial charge < -0.3 is 10.6 Å². The van der Waals surface area contributed by atoms with E-state index in [0.717, 1.165) is 17.8 Å². The zero-order chi connectivity index (χ0) is 19.0. The van der Waals surface area contributed by atoms with Crippen LogP contribution in [0.25, 0.3) is 0 Å². The third kappa shape index (κ3) is 3.90. The maximum atomic E-state index is 12.6. The first-order valence-corrected chi connectivity index (χ1v) is 10.6. The summed E-state index contributed by atoms with van der Waals surface area (Å²) in [6, 6.07) is 9.21. The molecule has 0 saturated heterocycles. The van der Waals surface area contributed by atoms with Crippen molar-refractivity contribution in [2.75, 3.05) is 0 Å². The Bertz CT molecular complexity index is 664. The quantitative estimate of drug-likeness (QED) is 0.800. The van der Waals surface area contributed by atoms with Crippen LogP contribution < -0.4 is 10.6 Å². The molecule has 1 aromatic carbocycles. The van der Waals surface area contributed by atoms with Crippen molar-refractivity contribution in [3.63, 3.8) is 0 Å². The van der Waals surface area contributed by atoms with Crippen LogP contribution in [0.4, 0.5) is 0 Å². The number of carbonyl (C=O) groups is 2. The van der Waals surface area contributed by atoms with E-state index in [-0.39, 0.29) is 23.9 Å². The Hall–Kier alpha value is -1.84. The highest BCUT2D eigenvalue weighted by Crippen LogP contribution is 2.61. The molecule has 27 heavy (non-hydrogen) atoms. The Labute approximate surface area is 162 Å². The summed E-state index contributed by atoms with van der Waals surface area (Å²) in [4.78, 5) is 24.9. The fraction of sp³-hybridized carbons (Fsp3) is 0.652. The molecule has 0 radical (unpaired) electrons. The largest absolute Gasteiger partial charge is 0.353 e. The van der Waals surface area contributed by atoms with Crippen molar-refractivity contribution in [1.82, 2.24) is 10.6 Å². The van der Waals surface area contributed by atoms with Gasteiger partial charge in [-0.1, -0.05) is 18.2 Å². The summed E-state index contributed by atoms with van der Waals surface area (Å²) in [6.45, 7) is 4.11. The van der Waals surface area contributed by atoms with E-state index in [1.165, 1.54) is 38.5 Å². The molecule has 4 bridgehead atoms. The number of hydrogen-bond donors (Lipinski definition) is 2. The van der Waals surface area contributed by atoms with Crippen LogP contribution in [-0.2, 0) is 4.79 Å². The van der Waals surface area contributed by atoms with E-state index in [1.54, 1.807) is 12.1 Å². The number of nitrogens with one attached hydrogen (secondary N) is 2. The molecule has 4 fully saturated rings. The highest BCUT2D eigenvalue weighted by molar-refractivity contribution is 5.94. The lowest BCUT2D eigenvalue weighted by atomic mass is 9.48. The van der Waals surface area contributed by atoms with Gasteiger partial charge in [-0.15, -0.1) is 0 Å². The Morgan fingerprint density at radius 1 is 0.963 bits per heavy atom. The second-order valence-corrected chi connectivity index (χ2v) is 9.51. The summed E-state index contributed by atoms with van der Waals surface area (Å²) in [5.74, 6) is 2.60. The molecule has 5 rings (SSSR count). The molecule has 146 valence electrons. The fourth-order valence-electron chi connectivity index (χ4n) is 6.39. The van der Waals surface area contributed by atoms with Crippen LogP contribution in [0.3, 0.4) is 0 Å². The molecule has 2 unspecified atom stereocenters. The van der Waals surface area contributed by atoms with Crippen LogP contribution in [0, 0.1) is 23.2 Å². The molecule has 0 heterocycles. The highest BCUT2D eigenvalue weighted by Gasteiger charge is 2.53. The van der Waals surface area contributed by atoms with Gasteiger partial charge in [0.1, 0.15) is 0 Å². The molecule has 4 aliphatic carbocycles. The Morgan fingerprint density at radius 2 is 1.52 bits per heavy atom. The van der Waals surface area contributed by atoms with E-state index in [4.69, 9.17) is 0 Å². The summed E-state index contributed by atoms with van der Waals surface area (Å²) >= 11 is 0. The molecule has 1 aromatic rings. The van der Waals surface area contributed by atoms with Crippen LogP contribution in [-0.4, -0.2) is 23.9 Å². The van der Waals surface area contributed by atoms with Gasteiger partial charge in [0.25, 0.3) is 5.91 Å². The number of rotatable bonds is 6. The van der Waals surface area contributed by atoms with Crippen molar-refractivity contribution in [1.29, 1.82) is 0 Å². The van der Waals surface area contributed by atoms with Gasteiger partial charge in [0.15, 0.2) is 0 Å². The average molecular weight is 369 g/mol. The Morgan fingerprint density at radius 3 is 2.07 bits per heavy atom. The summed E-state index contributed by atoms with van der Waals surface area (Å²) < 4.78 is 0. The van der Waals surface area contributed by atoms with Crippen LogP contribution in [0.5, 0.6) is 0 Å². The van der Waals surface area contributed by atoms with E-state index >= 15 is 0 Å². The molecular weight excluding hydrogens is 336 g/mol. The number of amides is 2. The fourth-order valence-corrected chi connectivity index (χ4v) is 6.39. The van der Waals surface area contributed by atoms with E-state index in [2.05, 4.69) is 17.6 Å². The standard InChI is InChI=1S/C23H32N2O2/c1-15(24-22(27)20-6-4-3-5-7-20)8-21(26)25-16(2)23-12-17-9-18(13-23)11-19(10-17)14-23/h3-7,15-19H,8-14H2,1-2H3,(H,24,27)(H,25,26). The smallest absolute Gasteiger partial charge is 0.251 e. The number of carbonyl (C=O) groups excluding carboxylic acids is 2. The second kappa shape index (κ2) is 7.29. The SMILES string of the molecule is CC(CC(=O)NC(C)C12CC3CC(CC(C3)C1)C2)NC(=O)c1ccccc1. The molecule has 2 amide bonds. The van der Waals surface area contributed by atoms with Gasteiger partial charge in [0, 0.05) is 24.1 Å². The Balaban J connectivity index is 1.29. The van der Waals surface area contributed by atoms with Crippen LogP contribution in [0.15, 0.2) is 30.3 Å². The van der Waals surface area contributed by atoms with Gasteiger partial charge in [-0.25, -0.2) is 0 Å². The first-order valence-electron chi connectivity index (χ1n) is 10.6. The third-order valence-corrected chi connectivity index (χ3v) is 7.29. The van der Waals surface area contributed by atoms with Crippen molar-refractivity contribution in [3.05, 3.63) is 35.9 Å². The van der Waals surface area contributed by atoms with Gasteiger partial charge in [0.05, 0.1) is 0 Å². The minimum Gasteiger partial charge on any atom is -0.353 e. The first kappa shape index (κ1) is 18.5. The molecule has 4 saturated carbocycles. The minimum absolute atomic E-state index is 0.0547. The van der Waals surface area contributed by atoms with Crippen molar-refractivity contribution in [2.24, 2.45) is 23.2 Å². The molecule has 4 heteroatoms. The predicted molar refractivity (Wildman–Crippen MR) is 106 cm³/mol. The monoisotopic (exact) mass is 368 g/mol. The Kier molecular flexibility index (Phi) is 5.00. The first-order chi connectivity index (χ1) is 12.9. The van der Waals surface area contributed by atoms with Crippen LogP contribution in [0.2, 0.25) is 0 Å². The van der Waals surface area contributed by atoms with Crippen molar-refractivity contribution < 1.29 is 9.59 Å². The lowest BCUT2D eigenvalue weighted by Crippen LogP contribution is -2.56. The molecule has 0 aromatic heterocycles. The van der Waals surface area contributed by atoms with E-state index in [0.29, 0.717) is 17.4 Å². The van der Waals surface area contributed by atoms with Crippen molar-refractivity contribution in [2.45, 2.75) is 70.9 Å². The normalized spacial score (nSPS) is 33.3. The predicted octanol–water partition coefficient (Wildman–Crippen LogP) is 3.92.